The number of hydrogen-bond donors (Lipinski definition) is 2. The molecular weight excluding hydrogens is 213 g/mol. The van der Waals surface area contributed by atoms with E-state index in [9.17, 15) is 4.39 Å². The first-order chi connectivity index (χ1) is 7.20. The summed E-state index contributed by atoms with van der Waals surface area (Å²) in [4.78, 5) is 0.633. The second-order valence-corrected chi connectivity index (χ2v) is 4.35. The molecule has 0 saturated heterocycles. The van der Waals surface area contributed by atoms with Crippen LogP contribution < -0.4 is 5.32 Å². The van der Waals surface area contributed by atoms with Crippen molar-refractivity contribution in [1.82, 2.24) is 5.32 Å². The number of aliphatic hydroxyl groups is 1. The molecule has 0 heterocycles. The van der Waals surface area contributed by atoms with E-state index in [2.05, 4.69) is 5.32 Å². The van der Waals surface area contributed by atoms with Gasteiger partial charge in [-0.1, -0.05) is 12.1 Å². The Balaban J connectivity index is 2.97. The first-order valence-corrected chi connectivity index (χ1v) is 5.88. The van der Waals surface area contributed by atoms with Crippen LogP contribution in [0.5, 0.6) is 0 Å². The lowest BCUT2D eigenvalue weighted by Gasteiger charge is -2.15. The molecule has 0 aliphatic heterocycles. The van der Waals surface area contributed by atoms with Crippen LogP contribution in [-0.2, 0) is 0 Å². The molecule has 0 aliphatic carbocycles. The number of nitrogens with one attached hydrogen (secondary N) is 1. The third-order valence-corrected chi connectivity index (χ3v) is 3.34. The van der Waals surface area contributed by atoms with E-state index in [1.807, 2.05) is 20.0 Å². The van der Waals surface area contributed by atoms with Crippen molar-refractivity contribution in [2.24, 2.45) is 0 Å². The van der Waals surface area contributed by atoms with E-state index in [1.165, 1.54) is 17.8 Å². The summed E-state index contributed by atoms with van der Waals surface area (Å²) in [6, 6.07) is 5.18. The van der Waals surface area contributed by atoms with Gasteiger partial charge >= 0.3 is 0 Å². The number of aliphatic hydroxyl groups excluding tert-OH is 1. The standard InChI is InChI=1S/C11H16FNOS/c1-8(13-2)9-4-3-5-10(12)11(9)15-7-6-14/h3-5,8,13-14H,6-7H2,1-2H3. The van der Waals surface area contributed by atoms with Crippen molar-refractivity contribution in [1.29, 1.82) is 0 Å². The molecule has 1 aromatic rings. The van der Waals surface area contributed by atoms with Crippen molar-refractivity contribution in [3.63, 3.8) is 0 Å². The van der Waals surface area contributed by atoms with Crippen LogP contribution in [0.1, 0.15) is 18.5 Å². The van der Waals surface area contributed by atoms with Gasteiger partial charge in [-0.05, 0) is 25.6 Å². The lowest BCUT2D eigenvalue weighted by atomic mass is 10.1. The Morgan fingerprint density at radius 1 is 1.53 bits per heavy atom. The third-order valence-electron chi connectivity index (χ3n) is 2.23. The predicted molar refractivity (Wildman–Crippen MR) is 61.7 cm³/mol. The highest BCUT2D eigenvalue weighted by Crippen LogP contribution is 2.29. The van der Waals surface area contributed by atoms with Crippen molar-refractivity contribution < 1.29 is 9.50 Å². The molecule has 0 radical (unpaired) electrons. The van der Waals surface area contributed by atoms with Crippen LogP contribution in [0.4, 0.5) is 4.39 Å². The molecule has 2 nitrogen and oxygen atoms in total. The van der Waals surface area contributed by atoms with Crippen LogP contribution >= 0.6 is 11.8 Å². The molecule has 0 saturated carbocycles. The SMILES string of the molecule is CNC(C)c1cccc(F)c1SCCO. The maximum atomic E-state index is 13.5. The van der Waals surface area contributed by atoms with Gasteiger partial charge in [0.1, 0.15) is 5.82 Å². The zero-order chi connectivity index (χ0) is 11.3. The second-order valence-electron chi connectivity index (χ2n) is 3.24. The quantitative estimate of drug-likeness (QED) is 0.759. The van der Waals surface area contributed by atoms with E-state index in [0.29, 0.717) is 10.6 Å². The van der Waals surface area contributed by atoms with Crippen LogP contribution in [0.15, 0.2) is 23.1 Å². The van der Waals surface area contributed by atoms with Gasteiger partial charge in [0.05, 0.1) is 6.61 Å². The maximum Gasteiger partial charge on any atom is 0.137 e. The third kappa shape index (κ3) is 3.19. The molecule has 2 N–H and O–H groups in total. The summed E-state index contributed by atoms with van der Waals surface area (Å²) in [5.74, 6) is 0.303. The molecule has 0 spiro atoms. The monoisotopic (exact) mass is 229 g/mol. The van der Waals surface area contributed by atoms with Crippen molar-refractivity contribution in [3.8, 4) is 0 Å². The number of thioether (sulfide) groups is 1. The van der Waals surface area contributed by atoms with Gasteiger partial charge in [-0.15, -0.1) is 11.8 Å². The summed E-state index contributed by atoms with van der Waals surface area (Å²) in [7, 11) is 1.84. The van der Waals surface area contributed by atoms with Gasteiger partial charge in [0.25, 0.3) is 0 Å². The minimum Gasteiger partial charge on any atom is -0.396 e. The molecule has 0 bridgehead atoms. The molecule has 1 aromatic carbocycles. The van der Waals surface area contributed by atoms with Crippen molar-refractivity contribution in [2.45, 2.75) is 17.9 Å². The Bertz CT molecular complexity index is 319. The average molecular weight is 229 g/mol. The highest BCUT2D eigenvalue weighted by molar-refractivity contribution is 7.99. The normalized spacial score (nSPS) is 12.8. The molecule has 84 valence electrons. The van der Waals surface area contributed by atoms with E-state index < -0.39 is 0 Å². The first kappa shape index (κ1) is 12.5. The summed E-state index contributed by atoms with van der Waals surface area (Å²) in [5, 5.41) is 11.8. The van der Waals surface area contributed by atoms with E-state index in [4.69, 9.17) is 5.11 Å². The van der Waals surface area contributed by atoms with Crippen molar-refractivity contribution in [2.75, 3.05) is 19.4 Å². The second kappa shape index (κ2) is 6.10. The van der Waals surface area contributed by atoms with E-state index in [-0.39, 0.29) is 18.5 Å². The maximum absolute atomic E-state index is 13.5. The summed E-state index contributed by atoms with van der Waals surface area (Å²) < 4.78 is 13.5. The zero-order valence-corrected chi connectivity index (χ0v) is 9.77. The largest absolute Gasteiger partial charge is 0.396 e. The van der Waals surface area contributed by atoms with Gasteiger partial charge < -0.3 is 10.4 Å². The van der Waals surface area contributed by atoms with Crippen molar-refractivity contribution in [3.05, 3.63) is 29.6 Å². The van der Waals surface area contributed by atoms with Gasteiger partial charge in [0.15, 0.2) is 0 Å². The Morgan fingerprint density at radius 2 is 2.27 bits per heavy atom. The molecule has 1 unspecified atom stereocenters. The van der Waals surface area contributed by atoms with E-state index >= 15 is 0 Å². The molecule has 15 heavy (non-hydrogen) atoms. The fourth-order valence-corrected chi connectivity index (χ4v) is 2.23. The van der Waals surface area contributed by atoms with Crippen LogP contribution in [0.2, 0.25) is 0 Å². The van der Waals surface area contributed by atoms with E-state index in [0.717, 1.165) is 5.56 Å². The molecule has 1 rings (SSSR count). The molecular formula is C11H16FNOS. The fourth-order valence-electron chi connectivity index (χ4n) is 1.32. The predicted octanol–water partition coefficient (Wildman–Crippen LogP) is 2.19. The topological polar surface area (TPSA) is 32.3 Å². The number of rotatable bonds is 5. The Labute approximate surface area is 93.9 Å². The zero-order valence-electron chi connectivity index (χ0n) is 8.96. The lowest BCUT2D eigenvalue weighted by Crippen LogP contribution is -2.13. The first-order valence-electron chi connectivity index (χ1n) is 4.90. The minimum absolute atomic E-state index is 0.0619. The summed E-state index contributed by atoms with van der Waals surface area (Å²) in [5.41, 5.74) is 0.941. The van der Waals surface area contributed by atoms with Crippen LogP contribution in [0.3, 0.4) is 0 Å². The minimum atomic E-state index is -0.215. The van der Waals surface area contributed by atoms with Crippen LogP contribution in [-0.4, -0.2) is 24.5 Å². The summed E-state index contributed by atoms with van der Waals surface area (Å²) in [6.07, 6.45) is 0. The summed E-state index contributed by atoms with van der Waals surface area (Å²) >= 11 is 1.35. The van der Waals surface area contributed by atoms with Gasteiger partial charge in [0.2, 0.25) is 0 Å². The molecule has 0 aliphatic rings. The van der Waals surface area contributed by atoms with Gasteiger partial charge in [-0.25, -0.2) is 4.39 Å². The highest BCUT2D eigenvalue weighted by Gasteiger charge is 2.12. The molecule has 0 amide bonds. The lowest BCUT2D eigenvalue weighted by molar-refractivity contribution is 0.322. The van der Waals surface area contributed by atoms with Crippen LogP contribution in [0, 0.1) is 5.82 Å². The summed E-state index contributed by atoms with van der Waals surface area (Å²) in [6.45, 7) is 2.05. The smallest absolute Gasteiger partial charge is 0.137 e. The molecule has 1 atom stereocenters. The Hall–Kier alpha value is -0.580. The van der Waals surface area contributed by atoms with Gasteiger partial charge in [-0.2, -0.15) is 0 Å². The Kier molecular flexibility index (Phi) is 5.08. The average Bonchev–Trinajstić information content (AvgIpc) is 2.26. The van der Waals surface area contributed by atoms with Crippen LogP contribution in [0.25, 0.3) is 0 Å². The number of benzene rings is 1. The molecule has 0 aromatic heterocycles. The number of halogens is 1. The fraction of sp³-hybridized carbons (Fsp3) is 0.455. The number of hydrogen-bond acceptors (Lipinski definition) is 3. The van der Waals surface area contributed by atoms with Gasteiger partial charge in [0, 0.05) is 16.7 Å². The Morgan fingerprint density at radius 3 is 2.87 bits per heavy atom. The molecule has 4 heteroatoms. The van der Waals surface area contributed by atoms with Gasteiger partial charge in [-0.3, -0.25) is 0 Å². The highest BCUT2D eigenvalue weighted by atomic mass is 32.2. The van der Waals surface area contributed by atoms with E-state index in [1.54, 1.807) is 6.07 Å². The molecule has 0 fully saturated rings. The van der Waals surface area contributed by atoms with Crippen molar-refractivity contribution >= 4 is 11.8 Å².